The minimum Gasteiger partial charge on any atom is -0.308 e. The molecule has 45 heavy (non-hydrogen) atoms. The minimum atomic E-state index is 0.480. The Labute approximate surface area is 261 Å². The maximum atomic E-state index is 10.6. The molecular formula is C42H31N3. The summed E-state index contributed by atoms with van der Waals surface area (Å²) in [7, 11) is 0. The summed E-state index contributed by atoms with van der Waals surface area (Å²) in [6, 6.07) is 29.9. The van der Waals surface area contributed by atoms with Gasteiger partial charge in [0.2, 0.25) is 0 Å². The van der Waals surface area contributed by atoms with Crippen LogP contribution in [0.2, 0.25) is 0 Å². The van der Waals surface area contributed by atoms with Crippen LogP contribution in [-0.4, -0.2) is 4.40 Å². The van der Waals surface area contributed by atoms with Crippen LogP contribution in [0.25, 0.3) is 60.0 Å². The van der Waals surface area contributed by atoms with Crippen LogP contribution in [0.1, 0.15) is 108 Å². The standard InChI is InChI=1S/C42H31N3/c43-20-28-18-32-39(37-25-13-9-23(10-14-25)34(28)37)31-17-27-7-4-8-30(22-5-2-1-3-6-22)36(27)41-40-33(45(32)42(31)41)19-29(21-44)35-24-11-15-26(16-12-24)38(35)40/h1-8,17-19,23-26H,9-16H2. The van der Waals surface area contributed by atoms with Crippen LogP contribution in [0.15, 0.2) is 66.7 Å². The van der Waals surface area contributed by atoms with E-state index >= 15 is 0 Å². The molecule has 0 aliphatic heterocycles. The summed E-state index contributed by atoms with van der Waals surface area (Å²) >= 11 is 0. The molecular weight excluding hydrogens is 546 g/mol. The monoisotopic (exact) mass is 577 g/mol. The van der Waals surface area contributed by atoms with Crippen molar-refractivity contribution < 1.29 is 0 Å². The largest absolute Gasteiger partial charge is 0.308 e. The summed E-state index contributed by atoms with van der Waals surface area (Å²) in [5.74, 6) is 1.99. The number of nitriles is 2. The number of fused-ring (bicyclic) bond motifs is 12. The first kappa shape index (κ1) is 24.5. The fraction of sp³-hybridized carbons (Fsp3) is 0.286. The van der Waals surface area contributed by atoms with Gasteiger partial charge in [-0.25, -0.2) is 0 Å². The molecule has 3 heteroatoms. The lowest BCUT2D eigenvalue weighted by molar-refractivity contribution is 0.360. The number of aromatic nitrogens is 1. The highest BCUT2D eigenvalue weighted by atomic mass is 14.9. The van der Waals surface area contributed by atoms with Gasteiger partial charge in [-0.05, 0) is 137 Å². The summed E-state index contributed by atoms with van der Waals surface area (Å²) in [6.45, 7) is 0. The van der Waals surface area contributed by atoms with E-state index in [1.54, 1.807) is 0 Å². The number of hydrogen-bond donors (Lipinski definition) is 0. The van der Waals surface area contributed by atoms with E-state index in [2.05, 4.69) is 83.3 Å². The molecule has 2 heterocycles. The van der Waals surface area contributed by atoms with Crippen LogP contribution in [0, 0.1) is 22.7 Å². The van der Waals surface area contributed by atoms with Gasteiger partial charge in [0, 0.05) is 21.5 Å². The van der Waals surface area contributed by atoms with E-state index in [1.807, 2.05) is 0 Å². The van der Waals surface area contributed by atoms with Gasteiger partial charge in [-0.2, -0.15) is 10.5 Å². The highest BCUT2D eigenvalue weighted by Gasteiger charge is 2.40. The summed E-state index contributed by atoms with van der Waals surface area (Å²) < 4.78 is 2.49. The molecule has 0 spiro atoms. The van der Waals surface area contributed by atoms with Gasteiger partial charge >= 0.3 is 0 Å². The molecule has 6 aliphatic carbocycles. The third-order valence-corrected chi connectivity index (χ3v) is 12.6. The van der Waals surface area contributed by atoms with E-state index in [0.29, 0.717) is 23.7 Å². The zero-order valence-corrected chi connectivity index (χ0v) is 25.2. The van der Waals surface area contributed by atoms with Crippen LogP contribution in [0.4, 0.5) is 0 Å². The Kier molecular flexibility index (Phi) is 4.59. The third-order valence-electron chi connectivity index (χ3n) is 12.6. The molecule has 13 rings (SSSR count). The van der Waals surface area contributed by atoms with Gasteiger partial charge in [-0.15, -0.1) is 0 Å². The van der Waals surface area contributed by atoms with E-state index in [9.17, 15) is 10.5 Å². The molecule has 0 unspecified atom stereocenters. The van der Waals surface area contributed by atoms with Crippen molar-refractivity contribution in [3.05, 3.63) is 100 Å². The van der Waals surface area contributed by atoms with Crippen LogP contribution in [0.3, 0.4) is 0 Å². The second-order valence-corrected chi connectivity index (χ2v) is 14.4. The van der Waals surface area contributed by atoms with Crippen molar-refractivity contribution in [1.29, 1.82) is 10.5 Å². The van der Waals surface area contributed by atoms with Crippen molar-refractivity contribution in [1.82, 2.24) is 4.40 Å². The van der Waals surface area contributed by atoms with Gasteiger partial charge < -0.3 is 4.40 Å². The van der Waals surface area contributed by atoms with Crippen molar-refractivity contribution in [3.8, 4) is 23.3 Å². The SMILES string of the molecule is N#Cc1cc2c(c3c1C1CCC3CC1)c1cc3cccc(-c4ccccc4)c3c3c4c5c(c(C#N)cc4n2c13)C1CCC5CC1. The zero-order valence-electron chi connectivity index (χ0n) is 25.2. The van der Waals surface area contributed by atoms with Crippen LogP contribution >= 0.6 is 0 Å². The van der Waals surface area contributed by atoms with E-state index < -0.39 is 0 Å². The highest BCUT2D eigenvalue weighted by Crippen LogP contribution is 2.59. The van der Waals surface area contributed by atoms with E-state index in [4.69, 9.17) is 0 Å². The first-order chi connectivity index (χ1) is 22.2. The van der Waals surface area contributed by atoms with Crippen LogP contribution in [-0.2, 0) is 0 Å². The molecule has 0 N–H and O–H groups in total. The molecule has 0 saturated heterocycles. The third kappa shape index (κ3) is 2.87. The summed E-state index contributed by atoms with van der Waals surface area (Å²) in [5, 5.41) is 29.2. The van der Waals surface area contributed by atoms with Gasteiger partial charge in [0.1, 0.15) is 0 Å². The number of nitrogens with zero attached hydrogens (tertiary/aromatic N) is 3. The summed E-state index contributed by atoms with van der Waals surface area (Å²) in [5.41, 5.74) is 13.4. The second kappa shape index (κ2) is 8.44. The van der Waals surface area contributed by atoms with Crippen molar-refractivity contribution in [3.63, 3.8) is 0 Å². The fourth-order valence-corrected chi connectivity index (χ4v) is 10.9. The summed E-state index contributed by atoms with van der Waals surface area (Å²) in [6.07, 6.45) is 9.66. The van der Waals surface area contributed by atoms with Gasteiger partial charge in [-0.1, -0.05) is 48.5 Å². The number of rotatable bonds is 1. The van der Waals surface area contributed by atoms with Crippen molar-refractivity contribution in [2.75, 3.05) is 0 Å². The Morgan fingerprint density at radius 2 is 1.09 bits per heavy atom. The summed E-state index contributed by atoms with van der Waals surface area (Å²) in [4.78, 5) is 0. The molecule has 0 amide bonds. The number of benzene rings is 5. The van der Waals surface area contributed by atoms with E-state index in [1.165, 1.54) is 123 Å². The zero-order chi connectivity index (χ0) is 29.6. The van der Waals surface area contributed by atoms with Crippen LogP contribution < -0.4 is 0 Å². The van der Waals surface area contributed by atoms with Gasteiger partial charge in [0.25, 0.3) is 0 Å². The highest BCUT2D eigenvalue weighted by molar-refractivity contribution is 6.34. The van der Waals surface area contributed by atoms with Crippen molar-refractivity contribution >= 4 is 48.9 Å². The molecule has 2 aromatic heterocycles. The van der Waals surface area contributed by atoms with E-state index in [0.717, 1.165) is 22.2 Å². The smallest absolute Gasteiger partial charge is 0.0995 e. The molecule has 4 bridgehead atoms. The van der Waals surface area contributed by atoms with E-state index in [-0.39, 0.29) is 0 Å². The molecule has 2 saturated carbocycles. The molecule has 5 aromatic carbocycles. The van der Waals surface area contributed by atoms with Gasteiger partial charge in [0.15, 0.2) is 0 Å². The molecule has 3 nitrogen and oxygen atoms in total. The quantitative estimate of drug-likeness (QED) is 0.195. The molecule has 0 radical (unpaired) electrons. The first-order valence-electron chi connectivity index (χ1n) is 16.9. The molecule has 6 aliphatic rings. The van der Waals surface area contributed by atoms with Crippen LogP contribution in [0.5, 0.6) is 0 Å². The lowest BCUT2D eigenvalue weighted by Gasteiger charge is -2.39. The Morgan fingerprint density at radius 3 is 1.69 bits per heavy atom. The lowest BCUT2D eigenvalue weighted by atomic mass is 9.64. The minimum absolute atomic E-state index is 0.480. The Balaban J connectivity index is 1.45. The average molecular weight is 578 g/mol. The first-order valence-corrected chi connectivity index (χ1v) is 16.9. The fourth-order valence-electron chi connectivity index (χ4n) is 10.9. The topological polar surface area (TPSA) is 52.0 Å². The van der Waals surface area contributed by atoms with Gasteiger partial charge in [-0.3, -0.25) is 0 Å². The predicted molar refractivity (Wildman–Crippen MR) is 181 cm³/mol. The maximum absolute atomic E-state index is 10.6. The molecule has 214 valence electrons. The predicted octanol–water partition coefficient (Wildman–Crippen LogP) is 10.9. The molecule has 7 aromatic rings. The molecule has 0 atom stereocenters. The normalized spacial score (nSPS) is 23.2. The van der Waals surface area contributed by atoms with Gasteiger partial charge in [0.05, 0.1) is 39.8 Å². The average Bonchev–Trinajstić information content (AvgIpc) is 3.63. The lowest BCUT2D eigenvalue weighted by Crippen LogP contribution is -2.23. The molecule has 2 fully saturated rings. The second-order valence-electron chi connectivity index (χ2n) is 14.4. The number of hydrogen-bond acceptors (Lipinski definition) is 2. The maximum Gasteiger partial charge on any atom is 0.0995 e. The van der Waals surface area contributed by atoms with Crippen molar-refractivity contribution in [2.45, 2.75) is 75.0 Å². The Bertz CT molecular complexity index is 2520. The Hall–Kier alpha value is -4.86. The van der Waals surface area contributed by atoms with Crippen molar-refractivity contribution in [2.24, 2.45) is 0 Å². The Morgan fingerprint density at radius 1 is 0.533 bits per heavy atom.